The van der Waals surface area contributed by atoms with E-state index in [1.807, 2.05) is 39.8 Å². The fourth-order valence-corrected chi connectivity index (χ4v) is 3.24. The summed E-state index contributed by atoms with van der Waals surface area (Å²) in [5.41, 5.74) is 1.21. The molecule has 0 aliphatic rings. The van der Waals surface area contributed by atoms with Gasteiger partial charge in [0.1, 0.15) is 11.1 Å². The number of carbonyl (C=O) groups is 2. The third kappa shape index (κ3) is 6.10. The molecule has 0 bridgehead atoms. The maximum atomic E-state index is 13.1. The van der Waals surface area contributed by atoms with Crippen LogP contribution in [-0.2, 0) is 6.42 Å². The van der Waals surface area contributed by atoms with E-state index in [2.05, 4.69) is 0 Å². The molecule has 0 aliphatic heterocycles. The van der Waals surface area contributed by atoms with Gasteiger partial charge in [-0.05, 0) is 57.0 Å². The number of rotatable bonds is 3. The maximum absolute atomic E-state index is 13.1. The normalized spacial score (nSPS) is 11.6. The van der Waals surface area contributed by atoms with Crippen LogP contribution in [0.25, 0.3) is 0 Å². The minimum Gasteiger partial charge on any atom is -1.00 e. The molecule has 154 valence electrons. The number of benzene rings is 2. The van der Waals surface area contributed by atoms with Crippen molar-refractivity contribution in [3.8, 4) is 0 Å². The molecule has 8 heteroatoms. The standard InChI is InChI=1S/C20H22Cl2N2O2.2ClH/c1-5-14-10-12-15(13-11-14)18(25)24(22)23(20(2,3)4)19(26)16-8-6-7-9-17(16)21;;/h6-13H,5H2,1-4H3;2*1H. The molecule has 0 fully saturated rings. The number of hydrogen-bond donors (Lipinski definition) is 1. The molecule has 0 aliphatic carbocycles. The van der Waals surface area contributed by atoms with Gasteiger partial charge in [-0.15, -0.1) is 17.4 Å². The number of aryl methyl sites for hydroxylation is 1. The number of nitrogens with zero attached hydrogens (tertiary/aromatic N) is 1. The van der Waals surface area contributed by atoms with Gasteiger partial charge in [-0.1, -0.05) is 47.3 Å². The highest BCUT2D eigenvalue weighted by Crippen LogP contribution is 2.15. The Labute approximate surface area is 188 Å². The minimum atomic E-state index is -0.656. The van der Waals surface area contributed by atoms with Gasteiger partial charge in [0.25, 0.3) is 0 Å². The number of carbonyl (C=O) groups excluding carboxylic acids is 2. The Morgan fingerprint density at radius 2 is 1.57 bits per heavy atom. The van der Waals surface area contributed by atoms with E-state index in [-0.39, 0.29) is 35.7 Å². The predicted molar refractivity (Wildman–Crippen MR) is 112 cm³/mol. The molecule has 1 unspecified atom stereocenters. The van der Waals surface area contributed by atoms with Gasteiger partial charge in [-0.2, -0.15) is 0 Å². The van der Waals surface area contributed by atoms with Crippen LogP contribution in [0.15, 0.2) is 48.5 Å². The average Bonchev–Trinajstić information content (AvgIpc) is 2.60. The quantitative estimate of drug-likeness (QED) is 0.549. The van der Waals surface area contributed by atoms with Crippen LogP contribution in [0, 0.1) is 0 Å². The van der Waals surface area contributed by atoms with Crippen LogP contribution >= 0.6 is 35.8 Å². The number of nitrogens with one attached hydrogen (secondary N) is 1. The first-order valence-electron chi connectivity index (χ1n) is 8.42. The zero-order chi connectivity index (χ0) is 19.5. The van der Waals surface area contributed by atoms with E-state index in [0.717, 1.165) is 16.5 Å². The summed E-state index contributed by atoms with van der Waals surface area (Å²) in [6.45, 7) is 7.54. The van der Waals surface area contributed by atoms with Crippen molar-refractivity contribution in [3.05, 3.63) is 70.2 Å². The molecule has 0 saturated heterocycles. The summed E-state index contributed by atoms with van der Waals surface area (Å²) in [6.07, 6.45) is 0.878. The summed E-state index contributed by atoms with van der Waals surface area (Å²) in [5.74, 6) is -0.809. The van der Waals surface area contributed by atoms with Gasteiger partial charge in [0.15, 0.2) is 0 Å². The summed E-state index contributed by atoms with van der Waals surface area (Å²) >= 11 is 12.5. The SMILES string of the molecule is CCc1ccc(C(=O)N(Cl)[NH+](C(=O)c2ccccc2Cl)C(C)(C)C)cc1.Cl.[Cl-]. The molecule has 2 aromatic rings. The van der Waals surface area contributed by atoms with Gasteiger partial charge in [0.2, 0.25) is 0 Å². The first kappa shape index (κ1) is 26.7. The number of quaternary nitrogens is 1. The van der Waals surface area contributed by atoms with Gasteiger partial charge in [0, 0.05) is 5.56 Å². The van der Waals surface area contributed by atoms with Gasteiger partial charge >= 0.3 is 11.8 Å². The molecule has 0 saturated carbocycles. The molecule has 0 aromatic heterocycles. The molecule has 1 N–H and O–H groups in total. The van der Waals surface area contributed by atoms with E-state index in [4.69, 9.17) is 23.4 Å². The van der Waals surface area contributed by atoms with Gasteiger partial charge in [-0.25, -0.2) is 4.79 Å². The van der Waals surface area contributed by atoms with Crippen molar-refractivity contribution in [2.45, 2.75) is 39.7 Å². The van der Waals surface area contributed by atoms with Crippen molar-refractivity contribution in [1.29, 1.82) is 0 Å². The smallest absolute Gasteiger partial charge is 0.371 e. The molecule has 2 aromatic carbocycles. The monoisotopic (exact) mass is 464 g/mol. The van der Waals surface area contributed by atoms with Crippen molar-refractivity contribution in [2.24, 2.45) is 0 Å². The second kappa shape index (κ2) is 11.0. The highest BCUT2D eigenvalue weighted by molar-refractivity contribution is 6.33. The third-order valence-electron chi connectivity index (χ3n) is 4.03. The van der Waals surface area contributed by atoms with Crippen LogP contribution in [0.2, 0.25) is 5.02 Å². The number of amides is 2. The summed E-state index contributed by atoms with van der Waals surface area (Å²) in [4.78, 5) is 25.9. The summed E-state index contributed by atoms with van der Waals surface area (Å²) in [7, 11) is 0. The van der Waals surface area contributed by atoms with Crippen molar-refractivity contribution in [1.82, 2.24) is 4.53 Å². The second-order valence-electron chi connectivity index (χ2n) is 7.04. The Bertz CT molecular complexity index is 805. The van der Waals surface area contributed by atoms with E-state index >= 15 is 0 Å². The molecular formula is C20H24Cl4N2O2. The fourth-order valence-electron chi connectivity index (χ4n) is 2.60. The molecule has 4 nitrogen and oxygen atoms in total. The molecule has 2 amide bonds. The topological polar surface area (TPSA) is 41.8 Å². The predicted octanol–water partition coefficient (Wildman–Crippen LogP) is 1.36. The first-order chi connectivity index (χ1) is 12.2. The van der Waals surface area contributed by atoms with Crippen molar-refractivity contribution < 1.29 is 27.0 Å². The summed E-state index contributed by atoms with van der Waals surface area (Å²) in [6, 6.07) is 13.9. The van der Waals surface area contributed by atoms with E-state index in [1.54, 1.807) is 36.4 Å². The average molecular weight is 466 g/mol. The van der Waals surface area contributed by atoms with Crippen molar-refractivity contribution >= 4 is 47.6 Å². The van der Waals surface area contributed by atoms with E-state index < -0.39 is 11.4 Å². The Balaban J connectivity index is 0.00000364. The van der Waals surface area contributed by atoms with Crippen LogP contribution < -0.4 is 17.4 Å². The molecule has 2 rings (SSSR count). The van der Waals surface area contributed by atoms with Crippen LogP contribution in [0.3, 0.4) is 0 Å². The van der Waals surface area contributed by atoms with Crippen LogP contribution in [-0.4, -0.2) is 21.9 Å². The Hall–Kier alpha value is -1.30. The number of halogens is 4. The first-order valence-corrected chi connectivity index (χ1v) is 9.14. The lowest BCUT2D eigenvalue weighted by atomic mass is 10.1. The van der Waals surface area contributed by atoms with Crippen LogP contribution in [0.4, 0.5) is 0 Å². The lowest BCUT2D eigenvalue weighted by Gasteiger charge is -2.33. The summed E-state index contributed by atoms with van der Waals surface area (Å²) < 4.78 is 0.923. The number of hydrogen-bond acceptors (Lipinski definition) is 2. The van der Waals surface area contributed by atoms with Gasteiger partial charge in [-0.3, -0.25) is 4.79 Å². The van der Waals surface area contributed by atoms with E-state index in [1.165, 1.54) is 0 Å². The molecule has 28 heavy (non-hydrogen) atoms. The van der Waals surface area contributed by atoms with Crippen molar-refractivity contribution in [3.63, 3.8) is 0 Å². The zero-order valence-electron chi connectivity index (χ0n) is 16.1. The Morgan fingerprint density at radius 3 is 2.04 bits per heavy atom. The maximum Gasteiger partial charge on any atom is 0.371 e. The van der Waals surface area contributed by atoms with Gasteiger partial charge in [0.05, 0.1) is 16.8 Å². The third-order valence-corrected chi connectivity index (χ3v) is 4.68. The zero-order valence-corrected chi connectivity index (χ0v) is 19.2. The lowest BCUT2D eigenvalue weighted by molar-refractivity contribution is -0.951. The molecular weight excluding hydrogens is 442 g/mol. The summed E-state index contributed by atoms with van der Waals surface area (Å²) in [5, 5.41) is 0.501. The van der Waals surface area contributed by atoms with Gasteiger partial charge < -0.3 is 12.4 Å². The highest BCUT2D eigenvalue weighted by Gasteiger charge is 2.42. The largest absolute Gasteiger partial charge is 1.00 e. The van der Waals surface area contributed by atoms with Crippen LogP contribution in [0.5, 0.6) is 0 Å². The van der Waals surface area contributed by atoms with E-state index in [9.17, 15) is 9.59 Å². The second-order valence-corrected chi connectivity index (χ2v) is 7.79. The minimum absolute atomic E-state index is 0. The fraction of sp³-hybridized carbons (Fsp3) is 0.300. The van der Waals surface area contributed by atoms with Crippen LogP contribution in [0.1, 0.15) is 54.0 Å². The molecule has 0 spiro atoms. The molecule has 1 atom stereocenters. The Kier molecular flexibility index (Phi) is 10.5. The van der Waals surface area contributed by atoms with E-state index in [0.29, 0.717) is 16.1 Å². The van der Waals surface area contributed by atoms with Crippen molar-refractivity contribution in [2.75, 3.05) is 0 Å². The lowest BCUT2D eigenvalue weighted by Crippen LogP contribution is -3.25. The molecule has 0 radical (unpaired) electrons. The Morgan fingerprint density at radius 1 is 1.04 bits per heavy atom. The molecule has 0 heterocycles. The highest BCUT2D eigenvalue weighted by atomic mass is 35.5.